The van der Waals surface area contributed by atoms with E-state index in [1.54, 1.807) is 0 Å². The fourth-order valence-corrected chi connectivity index (χ4v) is 2.72. The summed E-state index contributed by atoms with van der Waals surface area (Å²) in [6, 6.07) is 5.77. The van der Waals surface area contributed by atoms with E-state index >= 15 is 0 Å². The summed E-state index contributed by atoms with van der Waals surface area (Å²) in [4.78, 5) is 12.0. The van der Waals surface area contributed by atoms with Crippen LogP contribution in [-0.2, 0) is 4.79 Å². The summed E-state index contributed by atoms with van der Waals surface area (Å²) in [5.74, 6) is 2.11. The van der Waals surface area contributed by atoms with Gasteiger partial charge in [-0.05, 0) is 50.0 Å². The predicted octanol–water partition coefficient (Wildman–Crippen LogP) is 2.01. The summed E-state index contributed by atoms with van der Waals surface area (Å²) in [6.45, 7) is 4.23. The number of ether oxygens (including phenoxy) is 2. The zero-order chi connectivity index (χ0) is 13.9. The zero-order valence-corrected chi connectivity index (χ0v) is 12.9. The molecule has 5 nitrogen and oxygen atoms in total. The van der Waals surface area contributed by atoms with Gasteiger partial charge in [0.1, 0.15) is 0 Å². The molecule has 6 heteroatoms. The molecule has 0 bridgehead atoms. The number of hydrogen-bond acceptors (Lipinski definition) is 4. The largest absolute Gasteiger partial charge is 0.454 e. The first kappa shape index (κ1) is 15.9. The van der Waals surface area contributed by atoms with Crippen LogP contribution >= 0.6 is 12.4 Å². The minimum Gasteiger partial charge on any atom is -0.454 e. The lowest BCUT2D eigenvalue weighted by atomic mass is 10.0. The van der Waals surface area contributed by atoms with Crippen LogP contribution in [0.5, 0.6) is 11.5 Å². The van der Waals surface area contributed by atoms with Crippen molar-refractivity contribution < 1.29 is 14.3 Å². The Hall–Kier alpha value is -1.46. The van der Waals surface area contributed by atoms with Crippen LogP contribution < -0.4 is 20.1 Å². The average Bonchev–Trinajstić information content (AvgIpc) is 3.07. The van der Waals surface area contributed by atoms with E-state index in [1.165, 1.54) is 0 Å². The molecule has 1 aromatic rings. The van der Waals surface area contributed by atoms with E-state index in [9.17, 15) is 4.79 Å². The van der Waals surface area contributed by atoms with Crippen LogP contribution in [0.2, 0.25) is 0 Å². The van der Waals surface area contributed by atoms with Gasteiger partial charge in [-0.3, -0.25) is 4.79 Å². The second-order valence-corrected chi connectivity index (χ2v) is 5.46. The number of rotatable bonds is 4. The zero-order valence-electron chi connectivity index (χ0n) is 12.1. The Balaban J connectivity index is 0.00000161. The first-order valence-corrected chi connectivity index (χ1v) is 7.12. The minimum atomic E-state index is -0.0219. The Morgan fingerprint density at radius 1 is 1.43 bits per heavy atom. The van der Waals surface area contributed by atoms with Crippen LogP contribution in [0.15, 0.2) is 18.2 Å². The first-order chi connectivity index (χ1) is 9.72. The maximum absolute atomic E-state index is 12.0. The molecule has 2 heterocycles. The Bertz CT molecular complexity index is 504. The number of hydrogen-bond donors (Lipinski definition) is 2. The standard InChI is InChI=1S/C15H20N2O3.ClH/c1-10(17-15(18)6-11-4-5-16-8-11)12-2-3-13-14(7-12)20-9-19-13;/h2-3,7,10-11,16H,4-6,8-9H2,1H3,(H,17,18);1H. The molecule has 2 aliphatic rings. The Morgan fingerprint density at radius 3 is 3.00 bits per heavy atom. The summed E-state index contributed by atoms with van der Waals surface area (Å²) in [7, 11) is 0. The molecule has 2 atom stereocenters. The molecular formula is C15H21ClN2O3. The normalized spacial score (nSPS) is 20.7. The highest BCUT2D eigenvalue weighted by Gasteiger charge is 2.20. The average molecular weight is 313 g/mol. The molecule has 1 fully saturated rings. The van der Waals surface area contributed by atoms with Crippen molar-refractivity contribution in [2.75, 3.05) is 19.9 Å². The van der Waals surface area contributed by atoms with Crippen LogP contribution in [-0.4, -0.2) is 25.8 Å². The molecule has 0 radical (unpaired) electrons. The molecule has 3 rings (SSSR count). The van der Waals surface area contributed by atoms with E-state index in [4.69, 9.17) is 9.47 Å². The van der Waals surface area contributed by atoms with E-state index in [0.717, 1.165) is 36.6 Å². The second-order valence-electron chi connectivity index (χ2n) is 5.46. The van der Waals surface area contributed by atoms with Gasteiger partial charge in [-0.2, -0.15) is 0 Å². The quantitative estimate of drug-likeness (QED) is 0.893. The van der Waals surface area contributed by atoms with Gasteiger partial charge < -0.3 is 20.1 Å². The topological polar surface area (TPSA) is 59.6 Å². The van der Waals surface area contributed by atoms with E-state index in [-0.39, 0.29) is 31.1 Å². The van der Waals surface area contributed by atoms with Gasteiger partial charge in [0.15, 0.2) is 11.5 Å². The summed E-state index contributed by atoms with van der Waals surface area (Å²) in [5.41, 5.74) is 1.03. The van der Waals surface area contributed by atoms with Crippen molar-refractivity contribution in [2.24, 2.45) is 5.92 Å². The Kier molecular flexibility index (Phi) is 5.31. The van der Waals surface area contributed by atoms with Gasteiger partial charge in [-0.15, -0.1) is 12.4 Å². The van der Waals surface area contributed by atoms with Crippen molar-refractivity contribution in [3.8, 4) is 11.5 Å². The smallest absolute Gasteiger partial charge is 0.231 e. The Labute approximate surface area is 130 Å². The third kappa shape index (κ3) is 3.80. The van der Waals surface area contributed by atoms with Gasteiger partial charge in [-0.25, -0.2) is 0 Å². The summed E-state index contributed by atoms with van der Waals surface area (Å²) < 4.78 is 10.6. The third-order valence-corrected chi connectivity index (χ3v) is 3.91. The van der Waals surface area contributed by atoms with Gasteiger partial charge in [-0.1, -0.05) is 6.07 Å². The molecule has 0 spiro atoms. The molecule has 2 aliphatic heterocycles. The van der Waals surface area contributed by atoms with Crippen LogP contribution in [0, 0.1) is 5.92 Å². The first-order valence-electron chi connectivity index (χ1n) is 7.12. The highest BCUT2D eigenvalue weighted by molar-refractivity contribution is 5.85. The van der Waals surface area contributed by atoms with Gasteiger partial charge in [0.05, 0.1) is 6.04 Å². The van der Waals surface area contributed by atoms with Gasteiger partial charge >= 0.3 is 0 Å². The summed E-state index contributed by atoms with van der Waals surface area (Å²) in [6.07, 6.45) is 1.69. The fourth-order valence-electron chi connectivity index (χ4n) is 2.72. The van der Waals surface area contributed by atoms with Crippen molar-refractivity contribution in [3.63, 3.8) is 0 Å². The lowest BCUT2D eigenvalue weighted by Crippen LogP contribution is -2.28. The SMILES string of the molecule is CC(NC(=O)CC1CCNC1)c1ccc2c(c1)OCO2.Cl. The second kappa shape index (κ2) is 7.00. The maximum atomic E-state index is 12.0. The molecule has 2 unspecified atom stereocenters. The number of halogens is 1. The van der Waals surface area contributed by atoms with Crippen molar-refractivity contribution in [3.05, 3.63) is 23.8 Å². The molecule has 0 saturated carbocycles. The van der Waals surface area contributed by atoms with Crippen molar-refractivity contribution in [1.82, 2.24) is 10.6 Å². The van der Waals surface area contributed by atoms with Crippen LogP contribution in [0.25, 0.3) is 0 Å². The molecular weight excluding hydrogens is 292 g/mol. The number of carbonyl (C=O) groups is 1. The van der Waals surface area contributed by atoms with Gasteiger partial charge in [0.2, 0.25) is 12.7 Å². The highest BCUT2D eigenvalue weighted by atomic mass is 35.5. The maximum Gasteiger partial charge on any atom is 0.231 e. The summed E-state index contributed by atoms with van der Waals surface area (Å²) >= 11 is 0. The van der Waals surface area contributed by atoms with Crippen molar-refractivity contribution >= 4 is 18.3 Å². The number of nitrogens with one attached hydrogen (secondary N) is 2. The summed E-state index contributed by atoms with van der Waals surface area (Å²) in [5, 5.41) is 6.33. The van der Waals surface area contributed by atoms with Crippen LogP contribution in [0.4, 0.5) is 0 Å². The molecule has 1 amide bonds. The highest BCUT2D eigenvalue weighted by Crippen LogP contribution is 2.34. The number of carbonyl (C=O) groups excluding carboxylic acids is 1. The molecule has 116 valence electrons. The molecule has 1 saturated heterocycles. The van der Waals surface area contributed by atoms with E-state index in [2.05, 4.69) is 10.6 Å². The van der Waals surface area contributed by atoms with Gasteiger partial charge in [0, 0.05) is 6.42 Å². The van der Waals surface area contributed by atoms with Crippen molar-refractivity contribution in [1.29, 1.82) is 0 Å². The molecule has 1 aromatic carbocycles. The lowest BCUT2D eigenvalue weighted by molar-refractivity contribution is -0.122. The minimum absolute atomic E-state index is 0. The molecule has 0 aliphatic carbocycles. The van der Waals surface area contributed by atoms with Crippen LogP contribution in [0.3, 0.4) is 0 Å². The van der Waals surface area contributed by atoms with Gasteiger partial charge in [0.25, 0.3) is 0 Å². The monoisotopic (exact) mass is 312 g/mol. The van der Waals surface area contributed by atoms with E-state index in [0.29, 0.717) is 12.3 Å². The van der Waals surface area contributed by atoms with Crippen molar-refractivity contribution in [2.45, 2.75) is 25.8 Å². The fraction of sp³-hybridized carbons (Fsp3) is 0.533. The van der Waals surface area contributed by atoms with E-state index in [1.807, 2.05) is 25.1 Å². The van der Waals surface area contributed by atoms with Crippen LogP contribution in [0.1, 0.15) is 31.4 Å². The van der Waals surface area contributed by atoms with E-state index < -0.39 is 0 Å². The molecule has 21 heavy (non-hydrogen) atoms. The lowest BCUT2D eigenvalue weighted by Gasteiger charge is -2.16. The third-order valence-electron chi connectivity index (χ3n) is 3.91. The Morgan fingerprint density at radius 2 is 2.24 bits per heavy atom. The number of amides is 1. The number of benzene rings is 1. The number of fused-ring (bicyclic) bond motifs is 1. The predicted molar refractivity (Wildman–Crippen MR) is 82.0 cm³/mol. The molecule has 0 aromatic heterocycles. The molecule has 2 N–H and O–H groups in total.